The molecular formula is C9H7BrClN5S. The highest BCUT2D eigenvalue weighted by Crippen LogP contribution is 2.39. The van der Waals surface area contributed by atoms with Gasteiger partial charge in [0.05, 0.1) is 15.5 Å². The molecule has 2 aromatic heterocycles. The minimum atomic E-state index is 0.457. The van der Waals surface area contributed by atoms with Gasteiger partial charge in [0.2, 0.25) is 5.16 Å². The molecular weight excluding hydrogens is 326 g/mol. The Kier molecular flexibility index (Phi) is 3.06. The van der Waals surface area contributed by atoms with Crippen molar-refractivity contribution in [3.8, 4) is 0 Å². The first-order chi connectivity index (χ1) is 8.24. The van der Waals surface area contributed by atoms with E-state index in [0.717, 1.165) is 27.5 Å². The lowest BCUT2D eigenvalue weighted by Gasteiger charge is -2.03. The maximum absolute atomic E-state index is 5.84. The number of aromatic nitrogens is 5. The molecule has 17 heavy (non-hydrogen) atoms. The molecule has 3 rings (SSSR count). The van der Waals surface area contributed by atoms with Gasteiger partial charge in [-0.2, -0.15) is 0 Å². The molecule has 88 valence electrons. The Morgan fingerprint density at radius 3 is 3.00 bits per heavy atom. The van der Waals surface area contributed by atoms with E-state index in [1.165, 1.54) is 11.8 Å². The summed E-state index contributed by atoms with van der Waals surface area (Å²) in [5, 5.41) is 13.9. The second-order valence-electron chi connectivity index (χ2n) is 3.68. The Morgan fingerprint density at radius 2 is 2.29 bits per heavy atom. The number of rotatable bonds is 3. The van der Waals surface area contributed by atoms with Crippen LogP contribution in [-0.2, 0) is 0 Å². The van der Waals surface area contributed by atoms with Gasteiger partial charge in [-0.25, -0.2) is 9.67 Å². The summed E-state index contributed by atoms with van der Waals surface area (Å²) in [7, 11) is 0. The normalized spacial score (nSPS) is 15.2. The van der Waals surface area contributed by atoms with Crippen LogP contribution in [0.1, 0.15) is 18.9 Å². The molecule has 1 aliphatic carbocycles. The topological polar surface area (TPSA) is 56.5 Å². The zero-order chi connectivity index (χ0) is 11.8. The van der Waals surface area contributed by atoms with Gasteiger partial charge in [0.25, 0.3) is 0 Å². The summed E-state index contributed by atoms with van der Waals surface area (Å²) in [5.41, 5.74) is 0. The van der Waals surface area contributed by atoms with E-state index in [-0.39, 0.29) is 0 Å². The highest BCUT2D eigenvalue weighted by Gasteiger charge is 2.28. The summed E-state index contributed by atoms with van der Waals surface area (Å²) in [4.78, 5) is 4.25. The minimum Gasteiger partial charge on any atom is -0.247 e. The first kappa shape index (κ1) is 11.4. The maximum Gasteiger partial charge on any atom is 0.215 e. The molecule has 0 atom stereocenters. The van der Waals surface area contributed by atoms with Crippen LogP contribution in [0.4, 0.5) is 0 Å². The number of halogens is 2. The van der Waals surface area contributed by atoms with Gasteiger partial charge in [0, 0.05) is 6.20 Å². The Balaban J connectivity index is 1.88. The molecule has 0 saturated heterocycles. The Labute approximate surface area is 115 Å². The van der Waals surface area contributed by atoms with Gasteiger partial charge >= 0.3 is 0 Å². The van der Waals surface area contributed by atoms with E-state index in [1.807, 2.05) is 10.7 Å². The van der Waals surface area contributed by atoms with Gasteiger partial charge in [0.1, 0.15) is 5.03 Å². The van der Waals surface area contributed by atoms with Crippen LogP contribution in [-0.4, -0.2) is 25.2 Å². The minimum absolute atomic E-state index is 0.457. The Hall–Kier alpha value is -0.660. The summed E-state index contributed by atoms with van der Waals surface area (Å²) in [6.45, 7) is 0. The van der Waals surface area contributed by atoms with Crippen LogP contribution >= 0.6 is 39.3 Å². The third-order valence-corrected chi connectivity index (χ3v) is 4.36. The molecule has 0 aliphatic heterocycles. The van der Waals surface area contributed by atoms with Crippen LogP contribution in [0.5, 0.6) is 0 Å². The predicted octanol–water partition coefficient (Wildman–Crippen LogP) is 2.97. The highest BCUT2D eigenvalue weighted by molar-refractivity contribution is 9.10. The number of pyridine rings is 1. The summed E-state index contributed by atoms with van der Waals surface area (Å²) in [5.74, 6) is 0. The SMILES string of the molecule is Clc1cnc(Sc2nnnn2C2CC2)c(Br)c1. The predicted molar refractivity (Wildman–Crippen MR) is 67.2 cm³/mol. The van der Waals surface area contributed by atoms with Crippen LogP contribution in [0, 0.1) is 0 Å². The Bertz CT molecular complexity index is 556. The molecule has 1 saturated carbocycles. The zero-order valence-electron chi connectivity index (χ0n) is 8.55. The van der Waals surface area contributed by atoms with E-state index < -0.39 is 0 Å². The van der Waals surface area contributed by atoms with Crippen molar-refractivity contribution in [2.24, 2.45) is 0 Å². The molecule has 0 bridgehead atoms. The fourth-order valence-corrected chi connectivity index (χ4v) is 3.04. The lowest BCUT2D eigenvalue weighted by Crippen LogP contribution is -1.98. The Morgan fingerprint density at radius 1 is 1.47 bits per heavy atom. The quantitative estimate of drug-likeness (QED) is 0.865. The van der Waals surface area contributed by atoms with E-state index in [2.05, 4.69) is 36.4 Å². The molecule has 5 nitrogen and oxygen atoms in total. The zero-order valence-corrected chi connectivity index (χ0v) is 11.7. The average molecular weight is 333 g/mol. The number of hydrogen-bond donors (Lipinski definition) is 0. The van der Waals surface area contributed by atoms with Crippen molar-refractivity contribution in [3.05, 3.63) is 21.8 Å². The van der Waals surface area contributed by atoms with Crippen molar-refractivity contribution in [1.82, 2.24) is 25.2 Å². The fraction of sp³-hybridized carbons (Fsp3) is 0.333. The number of hydrogen-bond acceptors (Lipinski definition) is 5. The second-order valence-corrected chi connectivity index (χ2v) is 5.93. The van der Waals surface area contributed by atoms with Crippen molar-refractivity contribution in [3.63, 3.8) is 0 Å². The highest BCUT2D eigenvalue weighted by atomic mass is 79.9. The molecule has 0 amide bonds. The molecule has 0 unspecified atom stereocenters. The third-order valence-electron chi connectivity index (χ3n) is 2.32. The van der Waals surface area contributed by atoms with Crippen LogP contribution in [0.15, 0.2) is 26.9 Å². The number of nitrogens with zero attached hydrogens (tertiary/aromatic N) is 5. The van der Waals surface area contributed by atoms with Crippen LogP contribution < -0.4 is 0 Å². The van der Waals surface area contributed by atoms with Gasteiger partial charge < -0.3 is 0 Å². The smallest absolute Gasteiger partial charge is 0.215 e. The van der Waals surface area contributed by atoms with E-state index in [0.29, 0.717) is 11.1 Å². The van der Waals surface area contributed by atoms with Crippen LogP contribution in [0.2, 0.25) is 5.02 Å². The first-order valence-corrected chi connectivity index (χ1v) is 6.99. The molecule has 2 aromatic rings. The summed E-state index contributed by atoms with van der Waals surface area (Å²) in [6, 6.07) is 2.26. The van der Waals surface area contributed by atoms with Crippen molar-refractivity contribution < 1.29 is 0 Å². The van der Waals surface area contributed by atoms with Gasteiger partial charge in [-0.15, -0.1) is 5.10 Å². The third kappa shape index (κ3) is 2.46. The van der Waals surface area contributed by atoms with Crippen molar-refractivity contribution in [2.45, 2.75) is 29.1 Å². The van der Waals surface area contributed by atoms with Crippen molar-refractivity contribution >= 4 is 39.3 Å². The largest absolute Gasteiger partial charge is 0.247 e. The van der Waals surface area contributed by atoms with Crippen molar-refractivity contribution in [2.75, 3.05) is 0 Å². The second kappa shape index (κ2) is 4.55. The van der Waals surface area contributed by atoms with Gasteiger partial charge in [-0.3, -0.25) is 0 Å². The van der Waals surface area contributed by atoms with Crippen molar-refractivity contribution in [1.29, 1.82) is 0 Å². The lowest BCUT2D eigenvalue weighted by atomic mass is 10.5. The van der Waals surface area contributed by atoms with Crippen LogP contribution in [0.3, 0.4) is 0 Å². The standard InChI is InChI=1S/C9H7BrClN5S/c10-7-3-5(11)4-12-8(7)17-9-13-14-15-16(9)6-1-2-6/h3-4,6H,1-2H2. The molecule has 0 spiro atoms. The summed E-state index contributed by atoms with van der Waals surface area (Å²) < 4.78 is 2.70. The van der Waals surface area contributed by atoms with E-state index in [4.69, 9.17) is 11.6 Å². The first-order valence-electron chi connectivity index (χ1n) is 5.01. The molecule has 0 aromatic carbocycles. The molecule has 1 aliphatic rings. The molecule has 0 radical (unpaired) electrons. The summed E-state index contributed by atoms with van der Waals surface area (Å²) >= 11 is 10.7. The van der Waals surface area contributed by atoms with E-state index >= 15 is 0 Å². The van der Waals surface area contributed by atoms with Gasteiger partial charge in [0.15, 0.2) is 0 Å². The molecule has 2 heterocycles. The molecule has 0 N–H and O–H groups in total. The fourth-order valence-electron chi connectivity index (χ4n) is 1.36. The monoisotopic (exact) mass is 331 g/mol. The average Bonchev–Trinajstić information content (AvgIpc) is 3.03. The van der Waals surface area contributed by atoms with Gasteiger partial charge in [-0.1, -0.05) is 11.6 Å². The number of tetrazole rings is 1. The maximum atomic E-state index is 5.84. The molecule has 1 fully saturated rings. The summed E-state index contributed by atoms with van der Waals surface area (Å²) in [6.07, 6.45) is 3.90. The van der Waals surface area contributed by atoms with E-state index in [9.17, 15) is 0 Å². The lowest BCUT2D eigenvalue weighted by molar-refractivity contribution is 0.565. The van der Waals surface area contributed by atoms with E-state index in [1.54, 1.807) is 6.20 Å². The van der Waals surface area contributed by atoms with Crippen LogP contribution in [0.25, 0.3) is 0 Å². The molecule has 8 heteroatoms. The van der Waals surface area contributed by atoms with Gasteiger partial charge in [-0.05, 0) is 57.0 Å².